The van der Waals surface area contributed by atoms with Gasteiger partial charge in [-0.25, -0.2) is 0 Å². The van der Waals surface area contributed by atoms with Crippen molar-refractivity contribution in [1.29, 1.82) is 0 Å². The van der Waals surface area contributed by atoms with Crippen molar-refractivity contribution in [2.45, 2.75) is 0 Å². The molecule has 7 heavy (non-hydrogen) atoms. The topological polar surface area (TPSA) is 150 Å². The average molecular weight is 203 g/mol. The largest absolute Gasteiger partial charge is 3.00 e. The van der Waals surface area contributed by atoms with E-state index in [4.69, 9.17) is 0 Å². The van der Waals surface area contributed by atoms with Crippen LogP contribution in [0.15, 0.2) is 0 Å². The van der Waals surface area contributed by atoms with Gasteiger partial charge in [-0.05, 0) is 0 Å². The molecular formula is H5Co2O5. The fraction of sp³-hybridized carbons (Fsp3) is 0. The molecule has 5 N–H and O–H groups in total. The van der Waals surface area contributed by atoms with Gasteiger partial charge in [0.25, 0.3) is 0 Å². The van der Waals surface area contributed by atoms with E-state index in [1.165, 1.54) is 0 Å². The van der Waals surface area contributed by atoms with Crippen LogP contribution >= 0.6 is 0 Å². The van der Waals surface area contributed by atoms with E-state index in [0.717, 1.165) is 0 Å². The van der Waals surface area contributed by atoms with Crippen molar-refractivity contribution in [3.8, 4) is 0 Å². The van der Waals surface area contributed by atoms with Crippen molar-refractivity contribution in [3.05, 3.63) is 0 Å². The Morgan fingerprint density at radius 3 is 0.429 bits per heavy atom. The molecule has 0 spiro atoms. The molecule has 0 aliphatic heterocycles. The Bertz CT molecular complexity index is 6.04. The molecule has 5 nitrogen and oxygen atoms in total. The van der Waals surface area contributed by atoms with E-state index in [1.807, 2.05) is 0 Å². The second-order valence-electron chi connectivity index (χ2n) is 0. The van der Waals surface area contributed by atoms with Crippen molar-refractivity contribution >= 4 is 0 Å². The fourth-order valence-electron chi connectivity index (χ4n) is 0. The smallest absolute Gasteiger partial charge is 0.870 e. The second-order valence-corrected chi connectivity index (χ2v) is 0. The van der Waals surface area contributed by atoms with Crippen molar-refractivity contribution in [3.63, 3.8) is 0 Å². The Labute approximate surface area is 61.4 Å². The molecule has 0 amide bonds. The van der Waals surface area contributed by atoms with Crippen LogP contribution in [0.5, 0.6) is 0 Å². The molecule has 0 saturated heterocycles. The van der Waals surface area contributed by atoms with Crippen molar-refractivity contribution < 1.29 is 60.9 Å². The van der Waals surface area contributed by atoms with Crippen molar-refractivity contribution in [2.75, 3.05) is 0 Å². The molecule has 0 aliphatic carbocycles. The first kappa shape index (κ1) is 549. The Kier molecular flexibility index (Phi) is 27300. The SMILES string of the molecule is [Co+2].[Co+3].[OH-].[OH-].[OH-].[OH-].[OH-]. The summed E-state index contributed by atoms with van der Waals surface area (Å²) < 4.78 is 0. The first-order chi connectivity index (χ1) is 0. The molecule has 0 saturated carbocycles. The zero-order valence-electron chi connectivity index (χ0n) is 2.90. The van der Waals surface area contributed by atoms with E-state index in [1.54, 1.807) is 0 Å². The monoisotopic (exact) mass is 203 g/mol. The molecule has 1 radical (unpaired) electrons. The fourth-order valence-corrected chi connectivity index (χ4v) is 0. The van der Waals surface area contributed by atoms with Crippen molar-refractivity contribution in [2.24, 2.45) is 0 Å². The minimum Gasteiger partial charge on any atom is -0.870 e. The summed E-state index contributed by atoms with van der Waals surface area (Å²) in [5.74, 6) is 0. The van der Waals surface area contributed by atoms with E-state index >= 15 is 0 Å². The third-order valence-electron chi connectivity index (χ3n) is 0. The van der Waals surface area contributed by atoms with E-state index in [0.29, 0.717) is 0 Å². The van der Waals surface area contributed by atoms with Gasteiger partial charge in [0.1, 0.15) is 0 Å². The summed E-state index contributed by atoms with van der Waals surface area (Å²) in [5, 5.41) is 0. The second kappa shape index (κ2) is 348. The molecule has 53 valence electrons. The predicted molar refractivity (Wildman–Crippen MR) is 9.68 cm³/mol. The van der Waals surface area contributed by atoms with Gasteiger partial charge in [0.15, 0.2) is 0 Å². The summed E-state index contributed by atoms with van der Waals surface area (Å²) in [6.45, 7) is 0. The number of hydrogen-bond acceptors (Lipinski definition) is 5. The maximum absolute atomic E-state index is 0. The molecular weight excluding hydrogens is 198 g/mol. The Morgan fingerprint density at radius 2 is 0.429 bits per heavy atom. The molecule has 0 fully saturated rings. The van der Waals surface area contributed by atoms with E-state index in [2.05, 4.69) is 0 Å². The summed E-state index contributed by atoms with van der Waals surface area (Å²) in [6, 6.07) is 0. The molecule has 0 atom stereocenters. The summed E-state index contributed by atoms with van der Waals surface area (Å²) in [5.41, 5.74) is 0. The maximum atomic E-state index is 0. The van der Waals surface area contributed by atoms with Crippen LogP contribution in [0.25, 0.3) is 0 Å². The zero-order valence-corrected chi connectivity index (χ0v) is 4.98. The van der Waals surface area contributed by atoms with Gasteiger partial charge < -0.3 is 27.4 Å². The Balaban J connectivity index is 0. The molecule has 0 aliphatic rings. The van der Waals surface area contributed by atoms with Gasteiger partial charge in [-0.1, -0.05) is 0 Å². The van der Waals surface area contributed by atoms with Crippen LogP contribution in [0.3, 0.4) is 0 Å². The zero-order chi connectivity index (χ0) is 0. The summed E-state index contributed by atoms with van der Waals surface area (Å²) in [7, 11) is 0. The average Bonchev–Trinajstić information content (AvgIpc) is 0. The molecule has 0 aromatic rings. The molecule has 0 rings (SSSR count). The Morgan fingerprint density at radius 1 is 0.429 bits per heavy atom. The third kappa shape index (κ3) is 239. The van der Waals surface area contributed by atoms with Crippen LogP contribution < -0.4 is 0 Å². The van der Waals surface area contributed by atoms with Crippen LogP contribution in [-0.2, 0) is 33.6 Å². The summed E-state index contributed by atoms with van der Waals surface area (Å²) in [6.07, 6.45) is 0. The quantitative estimate of drug-likeness (QED) is 0.499. The van der Waals surface area contributed by atoms with Crippen LogP contribution in [0, 0.1) is 0 Å². The Hall–Kier alpha value is 0.813. The molecule has 7 heteroatoms. The van der Waals surface area contributed by atoms with Gasteiger partial charge in [-0.3, -0.25) is 0 Å². The number of hydrogen-bond donors (Lipinski definition) is 0. The minimum absolute atomic E-state index is 0. The maximum Gasteiger partial charge on any atom is 3.00 e. The first-order valence-electron chi connectivity index (χ1n) is 0. The van der Waals surface area contributed by atoms with Crippen LogP contribution in [0.2, 0.25) is 0 Å². The van der Waals surface area contributed by atoms with Gasteiger partial charge in [0.05, 0.1) is 0 Å². The van der Waals surface area contributed by atoms with Gasteiger partial charge in [0, 0.05) is 0 Å². The van der Waals surface area contributed by atoms with Gasteiger partial charge >= 0.3 is 33.6 Å². The van der Waals surface area contributed by atoms with E-state index < -0.39 is 0 Å². The summed E-state index contributed by atoms with van der Waals surface area (Å²) >= 11 is 0. The van der Waals surface area contributed by atoms with Crippen LogP contribution in [-0.4, -0.2) is 27.4 Å². The van der Waals surface area contributed by atoms with Crippen molar-refractivity contribution in [1.82, 2.24) is 0 Å². The molecule has 0 unspecified atom stereocenters. The minimum atomic E-state index is 0. The molecule has 0 aromatic carbocycles. The van der Waals surface area contributed by atoms with Gasteiger partial charge in [0.2, 0.25) is 0 Å². The molecule has 0 aromatic heterocycles. The third-order valence-corrected chi connectivity index (χ3v) is 0. The van der Waals surface area contributed by atoms with Gasteiger partial charge in [-0.2, -0.15) is 0 Å². The van der Waals surface area contributed by atoms with E-state index in [9.17, 15) is 0 Å². The molecule has 0 heterocycles. The van der Waals surface area contributed by atoms with Gasteiger partial charge in [-0.15, -0.1) is 0 Å². The summed E-state index contributed by atoms with van der Waals surface area (Å²) in [4.78, 5) is 0. The first-order valence-corrected chi connectivity index (χ1v) is 0. The molecule has 0 bridgehead atoms. The normalized spacial score (nSPS) is 0. The predicted octanol–water partition coefficient (Wildman–Crippen LogP) is -0.889. The standard InChI is InChI=1S/2Co.5H2O/h;;5*1H2/q+2;+3;;;;;/p-5. The van der Waals surface area contributed by atoms with E-state index in [-0.39, 0.29) is 60.9 Å². The van der Waals surface area contributed by atoms with Crippen LogP contribution in [0.1, 0.15) is 0 Å². The van der Waals surface area contributed by atoms with Crippen LogP contribution in [0.4, 0.5) is 0 Å². The number of rotatable bonds is 0.